The number of nitrogens with one attached hydrogen (secondary N) is 1. The summed E-state index contributed by atoms with van der Waals surface area (Å²) in [7, 11) is 0. The molecular formula is C15H23N3O2S. The topological polar surface area (TPSA) is 62.3 Å². The van der Waals surface area contributed by atoms with Crippen molar-refractivity contribution in [1.82, 2.24) is 15.2 Å². The summed E-state index contributed by atoms with van der Waals surface area (Å²) in [5.41, 5.74) is 0. The number of hydrogen-bond donors (Lipinski definition) is 1. The number of carbonyl (C=O) groups is 2. The van der Waals surface area contributed by atoms with E-state index in [1.165, 1.54) is 11.3 Å². The van der Waals surface area contributed by atoms with Crippen molar-refractivity contribution in [3.8, 4) is 0 Å². The number of amides is 2. The third-order valence-electron chi connectivity index (χ3n) is 3.97. The Labute approximate surface area is 129 Å². The second-order valence-electron chi connectivity index (χ2n) is 5.69. The number of hydrogen-bond acceptors (Lipinski definition) is 4. The number of thiazole rings is 1. The van der Waals surface area contributed by atoms with Gasteiger partial charge in [-0.25, -0.2) is 4.98 Å². The van der Waals surface area contributed by atoms with E-state index in [1.54, 1.807) is 11.1 Å². The van der Waals surface area contributed by atoms with Gasteiger partial charge in [0.1, 0.15) is 17.1 Å². The van der Waals surface area contributed by atoms with Crippen LogP contribution < -0.4 is 5.32 Å². The lowest BCUT2D eigenvalue weighted by Crippen LogP contribution is -2.65. The Morgan fingerprint density at radius 1 is 1.38 bits per heavy atom. The van der Waals surface area contributed by atoms with Gasteiger partial charge in [-0.1, -0.05) is 27.7 Å². The zero-order valence-electron chi connectivity index (χ0n) is 13.0. The fraction of sp³-hybridized carbons (Fsp3) is 0.667. The van der Waals surface area contributed by atoms with Crippen LogP contribution in [-0.2, 0) is 9.59 Å². The highest BCUT2D eigenvalue weighted by molar-refractivity contribution is 7.09. The molecule has 0 spiro atoms. The SMILES string of the molecule is CCC1C(=O)NC(C(C)C)C(=O)N1C(CC)c1nccs1. The van der Waals surface area contributed by atoms with E-state index in [0.717, 1.165) is 11.4 Å². The van der Waals surface area contributed by atoms with E-state index in [1.807, 2.05) is 33.1 Å². The summed E-state index contributed by atoms with van der Waals surface area (Å²) < 4.78 is 0. The minimum atomic E-state index is -0.436. The predicted molar refractivity (Wildman–Crippen MR) is 82.8 cm³/mol. The standard InChI is InChI=1S/C15H23N3O2S/c1-5-10-13(19)17-12(9(3)4)15(20)18(10)11(6-2)14-16-7-8-21-14/h7-12H,5-6H2,1-4H3,(H,17,19). The van der Waals surface area contributed by atoms with E-state index in [4.69, 9.17) is 0 Å². The first kappa shape index (κ1) is 15.9. The second kappa shape index (κ2) is 6.56. The molecule has 2 amide bonds. The van der Waals surface area contributed by atoms with Crippen LogP contribution in [0.5, 0.6) is 0 Å². The molecule has 1 saturated heterocycles. The first-order chi connectivity index (χ1) is 10.0. The Kier molecular flexibility index (Phi) is 4.98. The van der Waals surface area contributed by atoms with Gasteiger partial charge in [0.15, 0.2) is 0 Å². The number of piperazine rings is 1. The van der Waals surface area contributed by atoms with Gasteiger partial charge in [-0.15, -0.1) is 11.3 Å². The average Bonchev–Trinajstić information content (AvgIpc) is 2.96. The maximum absolute atomic E-state index is 12.9. The van der Waals surface area contributed by atoms with E-state index in [0.29, 0.717) is 6.42 Å². The highest BCUT2D eigenvalue weighted by Crippen LogP contribution is 2.32. The monoisotopic (exact) mass is 309 g/mol. The van der Waals surface area contributed by atoms with Crippen LogP contribution in [0, 0.1) is 5.92 Å². The second-order valence-corrected chi connectivity index (χ2v) is 6.62. The average molecular weight is 309 g/mol. The van der Waals surface area contributed by atoms with E-state index in [9.17, 15) is 9.59 Å². The van der Waals surface area contributed by atoms with Gasteiger partial charge in [-0.3, -0.25) is 9.59 Å². The molecule has 116 valence electrons. The molecule has 6 heteroatoms. The summed E-state index contributed by atoms with van der Waals surface area (Å²) in [5.74, 6) is 0.0415. The van der Waals surface area contributed by atoms with Gasteiger partial charge in [-0.05, 0) is 18.8 Å². The molecule has 1 N–H and O–H groups in total. The lowest BCUT2D eigenvalue weighted by molar-refractivity contribution is -0.154. The van der Waals surface area contributed by atoms with Crippen LogP contribution in [0.15, 0.2) is 11.6 Å². The van der Waals surface area contributed by atoms with Gasteiger partial charge in [0.25, 0.3) is 0 Å². The molecule has 1 fully saturated rings. The normalized spacial score (nSPS) is 24.3. The smallest absolute Gasteiger partial charge is 0.246 e. The van der Waals surface area contributed by atoms with Gasteiger partial charge in [0.2, 0.25) is 11.8 Å². The molecule has 3 atom stereocenters. The highest BCUT2D eigenvalue weighted by atomic mass is 32.1. The summed E-state index contributed by atoms with van der Waals surface area (Å²) in [6, 6.07) is -0.953. The molecule has 0 aromatic carbocycles. The molecule has 5 nitrogen and oxygen atoms in total. The van der Waals surface area contributed by atoms with Gasteiger partial charge in [0.05, 0.1) is 6.04 Å². The quantitative estimate of drug-likeness (QED) is 0.908. The maximum atomic E-state index is 12.9. The zero-order valence-corrected chi connectivity index (χ0v) is 13.8. The summed E-state index contributed by atoms with van der Waals surface area (Å²) >= 11 is 1.54. The summed E-state index contributed by atoms with van der Waals surface area (Å²) in [5, 5.41) is 5.69. The molecule has 0 bridgehead atoms. The van der Waals surface area contributed by atoms with Crippen LogP contribution >= 0.6 is 11.3 Å². The molecule has 2 rings (SSSR count). The van der Waals surface area contributed by atoms with Crippen molar-refractivity contribution in [2.24, 2.45) is 5.92 Å². The van der Waals surface area contributed by atoms with Crippen molar-refractivity contribution in [2.75, 3.05) is 0 Å². The van der Waals surface area contributed by atoms with Crippen molar-refractivity contribution in [1.29, 1.82) is 0 Å². The van der Waals surface area contributed by atoms with E-state index in [-0.39, 0.29) is 23.8 Å². The van der Waals surface area contributed by atoms with E-state index in [2.05, 4.69) is 10.3 Å². The molecule has 2 heterocycles. The van der Waals surface area contributed by atoms with Crippen LogP contribution in [0.2, 0.25) is 0 Å². The lowest BCUT2D eigenvalue weighted by Gasteiger charge is -2.43. The summed E-state index contributed by atoms with van der Waals surface area (Å²) in [6.07, 6.45) is 3.12. The van der Waals surface area contributed by atoms with Crippen LogP contribution in [0.25, 0.3) is 0 Å². The minimum absolute atomic E-state index is 0.0125. The lowest BCUT2D eigenvalue weighted by atomic mass is 9.95. The van der Waals surface area contributed by atoms with Crippen LogP contribution in [-0.4, -0.2) is 33.8 Å². The van der Waals surface area contributed by atoms with Gasteiger partial charge >= 0.3 is 0 Å². The van der Waals surface area contributed by atoms with Crippen LogP contribution in [0.3, 0.4) is 0 Å². The number of aromatic nitrogens is 1. The Morgan fingerprint density at radius 3 is 2.57 bits per heavy atom. The Morgan fingerprint density at radius 2 is 2.10 bits per heavy atom. The molecular weight excluding hydrogens is 286 g/mol. The fourth-order valence-corrected chi connectivity index (χ4v) is 3.67. The molecule has 0 radical (unpaired) electrons. The molecule has 0 saturated carbocycles. The molecule has 1 aliphatic rings. The number of nitrogens with zero attached hydrogens (tertiary/aromatic N) is 2. The third kappa shape index (κ3) is 2.95. The van der Waals surface area contributed by atoms with E-state index >= 15 is 0 Å². The van der Waals surface area contributed by atoms with Crippen molar-refractivity contribution < 1.29 is 9.59 Å². The van der Waals surface area contributed by atoms with Crippen LogP contribution in [0.4, 0.5) is 0 Å². The van der Waals surface area contributed by atoms with Crippen molar-refractivity contribution in [2.45, 2.75) is 58.7 Å². The fourth-order valence-electron chi connectivity index (χ4n) is 2.85. The van der Waals surface area contributed by atoms with Crippen LogP contribution in [0.1, 0.15) is 51.6 Å². The van der Waals surface area contributed by atoms with Gasteiger partial charge in [0, 0.05) is 11.6 Å². The van der Waals surface area contributed by atoms with Crippen molar-refractivity contribution in [3.63, 3.8) is 0 Å². The maximum Gasteiger partial charge on any atom is 0.246 e. The largest absolute Gasteiger partial charge is 0.342 e. The first-order valence-electron chi connectivity index (χ1n) is 7.53. The minimum Gasteiger partial charge on any atom is -0.342 e. The zero-order chi connectivity index (χ0) is 15.6. The highest BCUT2D eigenvalue weighted by Gasteiger charge is 2.44. The molecule has 1 aromatic rings. The Balaban J connectivity index is 2.39. The van der Waals surface area contributed by atoms with Crippen molar-refractivity contribution >= 4 is 23.2 Å². The Hall–Kier alpha value is -1.43. The molecule has 21 heavy (non-hydrogen) atoms. The van der Waals surface area contributed by atoms with Gasteiger partial charge < -0.3 is 10.2 Å². The third-order valence-corrected chi connectivity index (χ3v) is 4.85. The molecule has 0 aliphatic carbocycles. The Bertz CT molecular complexity index is 501. The number of rotatable bonds is 5. The molecule has 3 unspecified atom stereocenters. The van der Waals surface area contributed by atoms with Gasteiger partial charge in [-0.2, -0.15) is 0 Å². The van der Waals surface area contributed by atoms with E-state index < -0.39 is 12.1 Å². The molecule has 1 aliphatic heterocycles. The molecule has 1 aromatic heterocycles. The summed E-state index contributed by atoms with van der Waals surface area (Å²) in [4.78, 5) is 31.3. The van der Waals surface area contributed by atoms with Crippen molar-refractivity contribution in [3.05, 3.63) is 16.6 Å². The predicted octanol–water partition coefficient (Wildman–Crippen LogP) is 2.36. The summed E-state index contributed by atoms with van der Waals surface area (Å²) in [6.45, 7) is 7.88. The first-order valence-corrected chi connectivity index (χ1v) is 8.41. The number of carbonyl (C=O) groups excluding carboxylic acids is 2.